The van der Waals surface area contributed by atoms with Gasteiger partial charge in [0.1, 0.15) is 16.8 Å². The molecule has 0 atom stereocenters. The molecule has 0 unspecified atom stereocenters. The summed E-state index contributed by atoms with van der Waals surface area (Å²) in [6.45, 7) is 1.56. The number of hydrogen-bond acceptors (Lipinski definition) is 6. The molecule has 0 spiro atoms. The Balaban J connectivity index is 2.02. The lowest BCUT2D eigenvalue weighted by Crippen LogP contribution is -2.21. The Morgan fingerprint density at radius 1 is 1.25 bits per heavy atom. The van der Waals surface area contributed by atoms with Gasteiger partial charge in [0.2, 0.25) is 0 Å². The van der Waals surface area contributed by atoms with Crippen molar-refractivity contribution >= 4 is 33.0 Å². The van der Waals surface area contributed by atoms with Gasteiger partial charge in [0.15, 0.2) is 5.43 Å². The van der Waals surface area contributed by atoms with Crippen molar-refractivity contribution in [2.45, 2.75) is 0 Å². The molecular formula is C17H17N5O2. The van der Waals surface area contributed by atoms with Crippen molar-refractivity contribution in [2.24, 2.45) is 0 Å². The number of phenolic OH excluding ortho intramolecular Hbond substituents is 1. The SMILES string of the molecule is CN(C)CCNc1ccc2nnn3c4ccc(O)cc4c(=O)c1c23. The summed E-state index contributed by atoms with van der Waals surface area (Å²) in [5.74, 6) is 0.0555. The molecule has 0 aliphatic heterocycles. The topological polar surface area (TPSA) is 82.8 Å². The molecular weight excluding hydrogens is 306 g/mol. The number of phenols is 1. The number of rotatable bonds is 4. The fourth-order valence-corrected chi connectivity index (χ4v) is 3.00. The van der Waals surface area contributed by atoms with Crippen LogP contribution in [0.4, 0.5) is 5.69 Å². The van der Waals surface area contributed by atoms with Crippen LogP contribution in [0.15, 0.2) is 35.1 Å². The van der Waals surface area contributed by atoms with E-state index in [1.54, 1.807) is 16.6 Å². The van der Waals surface area contributed by atoms with Gasteiger partial charge in [0, 0.05) is 18.8 Å². The molecule has 7 heteroatoms. The fourth-order valence-electron chi connectivity index (χ4n) is 3.00. The Kier molecular flexibility index (Phi) is 3.24. The molecule has 24 heavy (non-hydrogen) atoms. The summed E-state index contributed by atoms with van der Waals surface area (Å²) in [5, 5.41) is 22.4. The molecule has 0 bridgehead atoms. The normalized spacial score (nSPS) is 12.0. The molecule has 0 saturated heterocycles. The second-order valence-corrected chi connectivity index (χ2v) is 6.12. The highest BCUT2D eigenvalue weighted by molar-refractivity contribution is 6.06. The summed E-state index contributed by atoms with van der Waals surface area (Å²) in [7, 11) is 4.00. The van der Waals surface area contributed by atoms with Gasteiger partial charge in [-0.3, -0.25) is 4.79 Å². The van der Waals surface area contributed by atoms with Gasteiger partial charge in [-0.25, -0.2) is 4.52 Å². The minimum Gasteiger partial charge on any atom is -0.508 e. The molecule has 4 rings (SSSR count). The van der Waals surface area contributed by atoms with Gasteiger partial charge in [0.05, 0.1) is 16.3 Å². The van der Waals surface area contributed by atoms with Crippen molar-refractivity contribution in [3.8, 4) is 5.75 Å². The molecule has 2 N–H and O–H groups in total. The van der Waals surface area contributed by atoms with Crippen LogP contribution in [-0.2, 0) is 0 Å². The van der Waals surface area contributed by atoms with Gasteiger partial charge < -0.3 is 15.3 Å². The van der Waals surface area contributed by atoms with E-state index in [2.05, 4.69) is 20.5 Å². The Morgan fingerprint density at radius 2 is 2.08 bits per heavy atom. The quantitative estimate of drug-likeness (QED) is 0.554. The zero-order chi connectivity index (χ0) is 16.8. The summed E-state index contributed by atoms with van der Waals surface area (Å²) in [4.78, 5) is 15.1. The maximum Gasteiger partial charge on any atom is 0.199 e. The van der Waals surface area contributed by atoms with Crippen molar-refractivity contribution in [2.75, 3.05) is 32.5 Å². The maximum absolute atomic E-state index is 13.0. The lowest BCUT2D eigenvalue weighted by molar-refractivity contribution is 0.425. The van der Waals surface area contributed by atoms with E-state index in [0.717, 1.165) is 12.2 Å². The maximum atomic E-state index is 13.0. The summed E-state index contributed by atoms with van der Waals surface area (Å²) in [5.41, 5.74) is 2.64. The Bertz CT molecular complexity index is 1100. The summed E-state index contributed by atoms with van der Waals surface area (Å²) >= 11 is 0. The van der Waals surface area contributed by atoms with Crippen LogP contribution >= 0.6 is 0 Å². The molecule has 0 aliphatic carbocycles. The molecule has 0 amide bonds. The first kappa shape index (κ1) is 14.6. The average Bonchev–Trinajstić information content (AvgIpc) is 2.97. The minimum absolute atomic E-state index is 0.0555. The van der Waals surface area contributed by atoms with Crippen LogP contribution in [0.25, 0.3) is 27.3 Å². The number of aromatic nitrogens is 3. The second kappa shape index (κ2) is 5.31. The van der Waals surface area contributed by atoms with Gasteiger partial charge in [-0.2, -0.15) is 0 Å². The van der Waals surface area contributed by atoms with E-state index in [9.17, 15) is 9.90 Å². The number of hydrogen-bond donors (Lipinski definition) is 2. The van der Waals surface area contributed by atoms with Crippen LogP contribution in [0.5, 0.6) is 5.75 Å². The standard InChI is InChI=1S/C17H17N5O2/c1-21(2)8-7-18-12-4-5-13-16-15(12)17(24)11-9-10(23)3-6-14(11)22(16)20-19-13/h3-6,9,18,23H,7-8H2,1-2H3. The van der Waals surface area contributed by atoms with Crippen molar-refractivity contribution in [1.29, 1.82) is 0 Å². The average molecular weight is 323 g/mol. The highest BCUT2D eigenvalue weighted by Crippen LogP contribution is 2.28. The van der Waals surface area contributed by atoms with Crippen LogP contribution in [0.2, 0.25) is 0 Å². The highest BCUT2D eigenvalue weighted by Gasteiger charge is 2.17. The van der Waals surface area contributed by atoms with Gasteiger partial charge in [-0.15, -0.1) is 5.10 Å². The predicted octanol–water partition coefficient (Wildman–Crippen LogP) is 1.51. The Morgan fingerprint density at radius 3 is 2.88 bits per heavy atom. The predicted molar refractivity (Wildman–Crippen MR) is 94.2 cm³/mol. The van der Waals surface area contributed by atoms with Crippen molar-refractivity contribution in [1.82, 2.24) is 19.7 Å². The number of benzene rings is 2. The van der Waals surface area contributed by atoms with Crippen molar-refractivity contribution in [3.05, 3.63) is 40.6 Å². The van der Waals surface area contributed by atoms with Crippen LogP contribution in [-0.4, -0.2) is 52.0 Å². The number of pyridine rings is 1. The molecule has 0 saturated carbocycles. The fraction of sp³-hybridized carbons (Fsp3) is 0.235. The highest BCUT2D eigenvalue weighted by atomic mass is 16.3. The van der Waals surface area contributed by atoms with Gasteiger partial charge in [-0.1, -0.05) is 5.21 Å². The lowest BCUT2D eigenvalue weighted by atomic mass is 10.1. The summed E-state index contributed by atoms with van der Waals surface area (Å²) in [6, 6.07) is 8.43. The van der Waals surface area contributed by atoms with Gasteiger partial charge in [-0.05, 0) is 44.4 Å². The third kappa shape index (κ3) is 2.13. The van der Waals surface area contributed by atoms with E-state index < -0.39 is 0 Å². The first-order valence-electron chi connectivity index (χ1n) is 7.71. The molecule has 122 valence electrons. The molecule has 0 aliphatic rings. The first-order chi connectivity index (χ1) is 11.6. The van der Waals surface area contributed by atoms with E-state index in [1.165, 1.54) is 6.07 Å². The van der Waals surface area contributed by atoms with Gasteiger partial charge in [0.25, 0.3) is 0 Å². The Hall–Kier alpha value is -2.93. The Labute approximate surface area is 137 Å². The zero-order valence-corrected chi connectivity index (χ0v) is 13.4. The number of anilines is 1. The second-order valence-electron chi connectivity index (χ2n) is 6.12. The first-order valence-corrected chi connectivity index (χ1v) is 7.71. The summed E-state index contributed by atoms with van der Waals surface area (Å²) < 4.78 is 1.66. The third-order valence-electron chi connectivity index (χ3n) is 4.16. The number of nitrogens with zero attached hydrogens (tertiary/aromatic N) is 4. The van der Waals surface area contributed by atoms with E-state index in [4.69, 9.17) is 0 Å². The summed E-state index contributed by atoms with van der Waals surface area (Å²) in [6.07, 6.45) is 0. The number of fused-ring (bicyclic) bond motifs is 2. The number of aromatic hydroxyl groups is 1. The molecule has 4 aromatic rings. The largest absolute Gasteiger partial charge is 0.508 e. The molecule has 2 heterocycles. The van der Waals surface area contributed by atoms with Gasteiger partial charge >= 0.3 is 0 Å². The third-order valence-corrected chi connectivity index (χ3v) is 4.16. The van der Waals surface area contributed by atoms with E-state index in [1.807, 2.05) is 26.2 Å². The smallest absolute Gasteiger partial charge is 0.199 e. The number of nitrogens with one attached hydrogen (secondary N) is 1. The van der Waals surface area contributed by atoms with Crippen LogP contribution in [0.3, 0.4) is 0 Å². The molecule has 2 aromatic carbocycles. The van der Waals surface area contributed by atoms with Crippen LogP contribution in [0.1, 0.15) is 0 Å². The van der Waals surface area contributed by atoms with Crippen LogP contribution in [0, 0.1) is 0 Å². The molecule has 0 fully saturated rings. The molecule has 7 nitrogen and oxygen atoms in total. The van der Waals surface area contributed by atoms with E-state index >= 15 is 0 Å². The van der Waals surface area contributed by atoms with Crippen molar-refractivity contribution in [3.63, 3.8) is 0 Å². The van der Waals surface area contributed by atoms with E-state index in [-0.39, 0.29) is 11.2 Å². The zero-order valence-electron chi connectivity index (χ0n) is 13.4. The molecule has 2 aromatic heterocycles. The van der Waals surface area contributed by atoms with Crippen LogP contribution < -0.4 is 10.7 Å². The number of likely N-dealkylation sites (N-methyl/N-ethyl adjacent to an activating group) is 1. The monoisotopic (exact) mass is 323 g/mol. The molecule has 0 radical (unpaired) electrons. The van der Waals surface area contributed by atoms with Crippen molar-refractivity contribution < 1.29 is 5.11 Å². The van der Waals surface area contributed by atoms with E-state index in [0.29, 0.717) is 33.9 Å². The minimum atomic E-state index is -0.131. The lowest BCUT2D eigenvalue weighted by Gasteiger charge is -2.13.